The summed E-state index contributed by atoms with van der Waals surface area (Å²) >= 11 is 1.48. The number of likely N-dealkylation sites (N-methyl/N-ethyl adjacent to an activating group) is 1. The molecule has 6 nitrogen and oxygen atoms in total. The second-order valence-corrected chi connectivity index (χ2v) is 6.90. The second-order valence-electron chi connectivity index (χ2n) is 5.70. The van der Waals surface area contributed by atoms with E-state index in [-0.39, 0.29) is 12.1 Å². The lowest BCUT2D eigenvalue weighted by atomic mass is 10.0. The van der Waals surface area contributed by atoms with Gasteiger partial charge in [-0.2, -0.15) is 0 Å². The number of aromatic amines is 1. The van der Waals surface area contributed by atoms with E-state index in [0.29, 0.717) is 16.0 Å². The summed E-state index contributed by atoms with van der Waals surface area (Å²) in [5.74, 6) is -0.443. The highest BCUT2D eigenvalue weighted by molar-refractivity contribution is 7.18. The van der Waals surface area contributed by atoms with Crippen LogP contribution in [0.25, 0.3) is 10.2 Å². The first-order valence-electron chi connectivity index (χ1n) is 6.58. The number of aryl methyl sites for hydroxylation is 2. The van der Waals surface area contributed by atoms with Gasteiger partial charge >= 0.3 is 5.97 Å². The SMILES string of the molecule is Cc1sc2nc(CN(C)C(C)(C)C(=O)O)[nH]c(=O)c2c1C. The molecule has 0 spiro atoms. The van der Waals surface area contributed by atoms with Crippen molar-refractivity contribution in [3.05, 3.63) is 26.6 Å². The number of thiophene rings is 1. The number of nitrogens with zero attached hydrogens (tertiary/aromatic N) is 2. The van der Waals surface area contributed by atoms with Gasteiger partial charge in [-0.15, -0.1) is 11.3 Å². The predicted octanol–water partition coefficient (Wildman–Crippen LogP) is 1.90. The van der Waals surface area contributed by atoms with Gasteiger partial charge in [-0.3, -0.25) is 14.5 Å². The molecule has 0 saturated heterocycles. The molecule has 0 aliphatic heterocycles. The third kappa shape index (κ3) is 2.71. The molecule has 0 bridgehead atoms. The molecular formula is C14H19N3O3S. The van der Waals surface area contributed by atoms with Gasteiger partial charge in [-0.05, 0) is 40.3 Å². The number of carboxylic acids is 1. The van der Waals surface area contributed by atoms with E-state index in [1.807, 2.05) is 13.8 Å². The van der Waals surface area contributed by atoms with Crippen LogP contribution in [0.2, 0.25) is 0 Å². The molecule has 21 heavy (non-hydrogen) atoms. The van der Waals surface area contributed by atoms with Crippen molar-refractivity contribution >= 4 is 27.5 Å². The topological polar surface area (TPSA) is 86.3 Å². The highest BCUT2D eigenvalue weighted by atomic mass is 32.1. The van der Waals surface area contributed by atoms with Gasteiger partial charge in [0.2, 0.25) is 0 Å². The standard InChI is InChI=1S/C14H19N3O3S/c1-7-8(2)21-12-10(7)11(18)15-9(16-12)6-17(5)14(3,4)13(19)20/h6H2,1-5H3,(H,19,20)(H,15,16,18). The Morgan fingerprint density at radius 1 is 1.43 bits per heavy atom. The Balaban J connectivity index is 2.41. The van der Waals surface area contributed by atoms with E-state index < -0.39 is 11.5 Å². The van der Waals surface area contributed by atoms with E-state index in [0.717, 1.165) is 10.4 Å². The van der Waals surface area contributed by atoms with Crippen LogP contribution in [0.15, 0.2) is 4.79 Å². The number of nitrogens with one attached hydrogen (secondary N) is 1. The molecule has 0 unspecified atom stereocenters. The lowest BCUT2D eigenvalue weighted by Gasteiger charge is -2.30. The number of aliphatic carboxylic acids is 1. The molecule has 0 saturated carbocycles. The van der Waals surface area contributed by atoms with E-state index in [9.17, 15) is 14.7 Å². The molecule has 2 rings (SSSR count). The van der Waals surface area contributed by atoms with E-state index >= 15 is 0 Å². The normalized spacial score (nSPS) is 12.3. The molecule has 7 heteroatoms. The Hall–Kier alpha value is -1.73. The Kier molecular flexibility index (Phi) is 3.90. The van der Waals surface area contributed by atoms with Crippen molar-refractivity contribution in [3.8, 4) is 0 Å². The minimum atomic E-state index is -1.03. The Morgan fingerprint density at radius 3 is 2.62 bits per heavy atom. The van der Waals surface area contributed by atoms with Crippen molar-refractivity contribution in [1.29, 1.82) is 0 Å². The zero-order chi connectivity index (χ0) is 15.9. The maximum atomic E-state index is 12.2. The fourth-order valence-corrected chi connectivity index (χ4v) is 3.01. The molecular weight excluding hydrogens is 290 g/mol. The van der Waals surface area contributed by atoms with Gasteiger partial charge in [0.15, 0.2) is 0 Å². The van der Waals surface area contributed by atoms with Gasteiger partial charge < -0.3 is 10.1 Å². The van der Waals surface area contributed by atoms with Gasteiger partial charge in [0.05, 0.1) is 11.9 Å². The molecule has 0 amide bonds. The fraction of sp³-hybridized carbons (Fsp3) is 0.500. The van der Waals surface area contributed by atoms with E-state index in [1.54, 1.807) is 25.8 Å². The van der Waals surface area contributed by atoms with E-state index in [2.05, 4.69) is 9.97 Å². The Labute approximate surface area is 126 Å². The molecule has 0 aliphatic carbocycles. The first-order valence-corrected chi connectivity index (χ1v) is 7.39. The van der Waals surface area contributed by atoms with Gasteiger partial charge in [-0.25, -0.2) is 4.98 Å². The van der Waals surface area contributed by atoms with Crippen molar-refractivity contribution in [3.63, 3.8) is 0 Å². The summed E-state index contributed by atoms with van der Waals surface area (Å²) in [4.78, 5) is 34.0. The minimum Gasteiger partial charge on any atom is -0.480 e. The first kappa shape index (κ1) is 15.7. The first-order chi connectivity index (χ1) is 9.64. The quantitative estimate of drug-likeness (QED) is 0.901. The largest absolute Gasteiger partial charge is 0.480 e. The van der Waals surface area contributed by atoms with Crippen LogP contribution in [0.1, 0.15) is 30.1 Å². The lowest BCUT2D eigenvalue weighted by Crippen LogP contribution is -2.47. The lowest BCUT2D eigenvalue weighted by molar-refractivity contribution is -0.148. The molecule has 2 aromatic rings. The van der Waals surface area contributed by atoms with Crippen LogP contribution in [0.5, 0.6) is 0 Å². The summed E-state index contributed by atoms with van der Waals surface area (Å²) in [5.41, 5.74) is -0.248. The van der Waals surface area contributed by atoms with Crippen LogP contribution in [-0.2, 0) is 11.3 Å². The van der Waals surface area contributed by atoms with Gasteiger partial charge in [-0.1, -0.05) is 0 Å². The summed E-state index contributed by atoms with van der Waals surface area (Å²) in [6, 6.07) is 0. The third-order valence-corrected chi connectivity index (χ3v) is 5.05. The molecule has 0 fully saturated rings. The van der Waals surface area contributed by atoms with Crippen LogP contribution >= 0.6 is 11.3 Å². The second kappa shape index (κ2) is 5.23. The Bertz CT molecular complexity index is 761. The van der Waals surface area contributed by atoms with Crippen LogP contribution in [0.3, 0.4) is 0 Å². The van der Waals surface area contributed by atoms with Crippen molar-refractivity contribution in [1.82, 2.24) is 14.9 Å². The molecule has 0 aliphatic rings. The summed E-state index contributed by atoms with van der Waals surface area (Å²) < 4.78 is 0. The molecule has 114 valence electrons. The molecule has 0 atom stereocenters. The van der Waals surface area contributed by atoms with Crippen LogP contribution < -0.4 is 5.56 Å². The van der Waals surface area contributed by atoms with E-state index in [4.69, 9.17) is 0 Å². The zero-order valence-electron chi connectivity index (χ0n) is 12.8. The minimum absolute atomic E-state index is 0.168. The molecule has 0 radical (unpaired) electrons. The average molecular weight is 309 g/mol. The molecule has 0 aromatic carbocycles. The molecule has 2 N–H and O–H groups in total. The van der Waals surface area contributed by atoms with Crippen LogP contribution in [0, 0.1) is 13.8 Å². The average Bonchev–Trinajstić information content (AvgIpc) is 2.64. The predicted molar refractivity (Wildman–Crippen MR) is 82.9 cm³/mol. The maximum Gasteiger partial charge on any atom is 0.323 e. The summed E-state index contributed by atoms with van der Waals surface area (Å²) in [7, 11) is 1.70. The van der Waals surface area contributed by atoms with Gasteiger partial charge in [0.1, 0.15) is 16.2 Å². The van der Waals surface area contributed by atoms with Crippen LogP contribution in [-0.4, -0.2) is 38.5 Å². The summed E-state index contributed by atoms with van der Waals surface area (Å²) in [6.45, 7) is 7.36. The van der Waals surface area contributed by atoms with Gasteiger partial charge in [0, 0.05) is 4.88 Å². The van der Waals surface area contributed by atoms with Crippen molar-refractivity contribution in [2.75, 3.05) is 7.05 Å². The Morgan fingerprint density at radius 2 is 2.05 bits per heavy atom. The van der Waals surface area contributed by atoms with Crippen molar-refractivity contribution < 1.29 is 9.90 Å². The number of hydrogen-bond donors (Lipinski definition) is 2. The fourth-order valence-electron chi connectivity index (χ4n) is 1.96. The number of aromatic nitrogens is 2. The highest BCUT2D eigenvalue weighted by Crippen LogP contribution is 2.26. The van der Waals surface area contributed by atoms with Crippen molar-refractivity contribution in [2.45, 2.75) is 39.8 Å². The number of H-pyrrole nitrogens is 1. The van der Waals surface area contributed by atoms with E-state index in [1.165, 1.54) is 11.3 Å². The summed E-state index contributed by atoms with van der Waals surface area (Å²) in [5, 5.41) is 9.85. The number of carboxylic acid groups (broad SMARTS) is 1. The number of carbonyl (C=O) groups is 1. The van der Waals surface area contributed by atoms with Crippen molar-refractivity contribution in [2.24, 2.45) is 0 Å². The third-order valence-electron chi connectivity index (χ3n) is 3.95. The number of fused-ring (bicyclic) bond motifs is 1. The summed E-state index contributed by atoms with van der Waals surface area (Å²) in [6.07, 6.45) is 0. The molecule has 2 heterocycles. The number of rotatable bonds is 4. The zero-order valence-corrected chi connectivity index (χ0v) is 13.6. The van der Waals surface area contributed by atoms with Gasteiger partial charge in [0.25, 0.3) is 5.56 Å². The number of hydrogen-bond acceptors (Lipinski definition) is 5. The monoisotopic (exact) mass is 309 g/mol. The smallest absolute Gasteiger partial charge is 0.323 e. The maximum absolute atomic E-state index is 12.2. The van der Waals surface area contributed by atoms with Crippen LogP contribution in [0.4, 0.5) is 0 Å². The highest BCUT2D eigenvalue weighted by Gasteiger charge is 2.32. The molecule has 2 aromatic heterocycles.